The van der Waals surface area contributed by atoms with Crippen LogP contribution in [0.15, 0.2) is 42.5 Å². The Morgan fingerprint density at radius 2 is 1.94 bits per heavy atom. The Kier molecular flexibility index (Phi) is 3.91. The minimum absolute atomic E-state index is 0.165. The summed E-state index contributed by atoms with van der Waals surface area (Å²) < 4.78 is 4.51. The number of benzene rings is 2. The third-order valence-corrected chi connectivity index (χ3v) is 2.61. The van der Waals surface area contributed by atoms with Crippen molar-refractivity contribution in [2.75, 3.05) is 13.2 Å². The molecule has 0 radical (unpaired) electrons. The maximum absolute atomic E-state index is 12.0. The Hall–Kier alpha value is -2.36. The zero-order valence-electron chi connectivity index (χ0n) is 9.76. The van der Waals surface area contributed by atoms with Crippen LogP contribution < -0.4 is 5.32 Å². The summed E-state index contributed by atoms with van der Waals surface area (Å²) in [6, 6.07) is 13.3. The van der Waals surface area contributed by atoms with Gasteiger partial charge in [-0.25, -0.2) is 0 Å². The van der Waals surface area contributed by atoms with Gasteiger partial charge in [-0.1, -0.05) is 36.4 Å². The molecule has 0 aliphatic heterocycles. The number of fused-ring (bicyclic) bond motifs is 1. The molecule has 4 nitrogen and oxygen atoms in total. The first-order valence-electron chi connectivity index (χ1n) is 5.64. The van der Waals surface area contributed by atoms with Gasteiger partial charge in [0.2, 0.25) is 0 Å². The van der Waals surface area contributed by atoms with Crippen molar-refractivity contribution in [1.82, 2.24) is 5.32 Å². The van der Waals surface area contributed by atoms with Gasteiger partial charge in [-0.15, -0.1) is 0 Å². The lowest BCUT2D eigenvalue weighted by Gasteiger charge is -2.07. The fraction of sp³-hybridized carbons (Fsp3) is 0.143. The highest BCUT2D eigenvalue weighted by Gasteiger charge is 2.08. The first-order chi connectivity index (χ1) is 8.83. The van der Waals surface area contributed by atoms with Crippen LogP contribution in [0, 0.1) is 0 Å². The average molecular weight is 243 g/mol. The van der Waals surface area contributed by atoms with Gasteiger partial charge < -0.3 is 10.1 Å². The van der Waals surface area contributed by atoms with Gasteiger partial charge in [-0.3, -0.25) is 9.59 Å². The molecule has 0 aliphatic rings. The second-order valence-electron chi connectivity index (χ2n) is 3.75. The predicted octanol–water partition coefficient (Wildman–Crippen LogP) is 1.74. The Labute approximate surface area is 105 Å². The van der Waals surface area contributed by atoms with Crippen LogP contribution >= 0.6 is 0 Å². The summed E-state index contributed by atoms with van der Waals surface area (Å²) in [5, 5.41) is 4.64. The molecule has 4 heteroatoms. The summed E-state index contributed by atoms with van der Waals surface area (Å²) in [6.45, 7) is 0.852. The average Bonchev–Trinajstić information content (AvgIpc) is 2.43. The number of ether oxygens (including phenoxy) is 1. The molecule has 18 heavy (non-hydrogen) atoms. The maximum atomic E-state index is 12.0. The lowest BCUT2D eigenvalue weighted by Crippen LogP contribution is -2.27. The first kappa shape index (κ1) is 12.1. The third-order valence-electron chi connectivity index (χ3n) is 2.61. The van der Waals surface area contributed by atoms with E-state index in [1.807, 2.05) is 36.4 Å². The van der Waals surface area contributed by atoms with Crippen LogP contribution in [0.1, 0.15) is 10.4 Å². The van der Waals surface area contributed by atoms with Crippen LogP contribution in [0.2, 0.25) is 0 Å². The van der Waals surface area contributed by atoms with E-state index >= 15 is 0 Å². The highest BCUT2D eigenvalue weighted by molar-refractivity contribution is 6.06. The second kappa shape index (κ2) is 5.82. The largest absolute Gasteiger partial charge is 0.466 e. The van der Waals surface area contributed by atoms with Crippen LogP contribution in [0.4, 0.5) is 0 Å². The van der Waals surface area contributed by atoms with Crippen molar-refractivity contribution in [2.24, 2.45) is 0 Å². The quantitative estimate of drug-likeness (QED) is 0.643. The number of rotatable bonds is 5. The maximum Gasteiger partial charge on any atom is 0.293 e. The Morgan fingerprint density at radius 1 is 1.17 bits per heavy atom. The van der Waals surface area contributed by atoms with E-state index in [2.05, 4.69) is 10.1 Å². The molecule has 2 aromatic rings. The van der Waals surface area contributed by atoms with Crippen molar-refractivity contribution in [3.8, 4) is 0 Å². The van der Waals surface area contributed by atoms with Gasteiger partial charge in [0, 0.05) is 5.56 Å². The molecule has 0 atom stereocenters. The van der Waals surface area contributed by atoms with Crippen molar-refractivity contribution in [3.63, 3.8) is 0 Å². The Balaban J connectivity index is 2.15. The van der Waals surface area contributed by atoms with Crippen LogP contribution in [-0.2, 0) is 9.53 Å². The van der Waals surface area contributed by atoms with Gasteiger partial charge in [-0.2, -0.15) is 0 Å². The van der Waals surface area contributed by atoms with E-state index in [1.54, 1.807) is 6.07 Å². The van der Waals surface area contributed by atoms with E-state index in [-0.39, 0.29) is 12.5 Å². The summed E-state index contributed by atoms with van der Waals surface area (Å²) in [6.07, 6.45) is 0. The van der Waals surface area contributed by atoms with Crippen molar-refractivity contribution in [3.05, 3.63) is 48.0 Å². The normalized spacial score (nSPS) is 10.0. The molecule has 0 aliphatic carbocycles. The zero-order chi connectivity index (χ0) is 12.8. The van der Waals surface area contributed by atoms with Crippen LogP contribution in [-0.4, -0.2) is 25.5 Å². The van der Waals surface area contributed by atoms with Crippen molar-refractivity contribution < 1.29 is 14.3 Å². The molecule has 92 valence electrons. The number of carbonyl (C=O) groups is 2. The van der Waals surface area contributed by atoms with Gasteiger partial charge >= 0.3 is 0 Å². The van der Waals surface area contributed by atoms with Crippen molar-refractivity contribution in [2.45, 2.75) is 0 Å². The molecular formula is C14H13NO3. The predicted molar refractivity (Wildman–Crippen MR) is 68.3 cm³/mol. The fourth-order valence-corrected chi connectivity index (χ4v) is 1.79. The summed E-state index contributed by atoms with van der Waals surface area (Å²) in [4.78, 5) is 21.9. The van der Waals surface area contributed by atoms with Gasteiger partial charge in [0.25, 0.3) is 12.4 Å². The third kappa shape index (κ3) is 2.66. The van der Waals surface area contributed by atoms with Crippen molar-refractivity contribution in [1.29, 1.82) is 0 Å². The van der Waals surface area contributed by atoms with E-state index in [4.69, 9.17) is 0 Å². The molecule has 2 rings (SSSR count). The SMILES string of the molecule is O=COCCNC(=O)c1cccc2ccccc12. The molecule has 0 fully saturated rings. The molecule has 0 bridgehead atoms. The van der Waals surface area contributed by atoms with E-state index in [1.165, 1.54) is 0 Å². The van der Waals surface area contributed by atoms with Gasteiger partial charge in [0.05, 0.1) is 6.54 Å². The number of amides is 1. The number of carbonyl (C=O) groups excluding carboxylic acids is 2. The second-order valence-corrected chi connectivity index (χ2v) is 3.75. The Bertz CT molecular complexity index is 560. The summed E-state index contributed by atoms with van der Waals surface area (Å²) in [7, 11) is 0. The highest BCUT2D eigenvalue weighted by atomic mass is 16.5. The zero-order valence-corrected chi connectivity index (χ0v) is 9.76. The topological polar surface area (TPSA) is 55.4 Å². The minimum atomic E-state index is -0.165. The summed E-state index contributed by atoms with van der Waals surface area (Å²) in [5.41, 5.74) is 0.624. The molecule has 0 aromatic heterocycles. The van der Waals surface area contributed by atoms with Crippen LogP contribution in [0.3, 0.4) is 0 Å². The molecule has 0 unspecified atom stereocenters. The van der Waals surface area contributed by atoms with Crippen LogP contribution in [0.5, 0.6) is 0 Å². The fourth-order valence-electron chi connectivity index (χ4n) is 1.79. The number of hydrogen-bond acceptors (Lipinski definition) is 3. The van der Waals surface area contributed by atoms with E-state index in [0.717, 1.165) is 10.8 Å². The molecule has 0 spiro atoms. The molecule has 0 saturated carbocycles. The molecule has 2 aromatic carbocycles. The van der Waals surface area contributed by atoms with Crippen molar-refractivity contribution >= 4 is 23.2 Å². The standard InChI is InChI=1S/C14H13NO3/c16-10-18-9-8-15-14(17)13-7-3-5-11-4-1-2-6-12(11)13/h1-7,10H,8-9H2,(H,15,17). The monoisotopic (exact) mass is 243 g/mol. The first-order valence-corrected chi connectivity index (χ1v) is 5.64. The number of nitrogens with one attached hydrogen (secondary N) is 1. The van der Waals surface area contributed by atoms with Gasteiger partial charge in [0.1, 0.15) is 6.61 Å². The lowest BCUT2D eigenvalue weighted by molar-refractivity contribution is -0.128. The molecule has 0 saturated heterocycles. The smallest absolute Gasteiger partial charge is 0.293 e. The summed E-state index contributed by atoms with van der Waals surface area (Å²) >= 11 is 0. The molecule has 0 heterocycles. The van der Waals surface area contributed by atoms with E-state index in [0.29, 0.717) is 18.6 Å². The van der Waals surface area contributed by atoms with Crippen LogP contribution in [0.25, 0.3) is 10.8 Å². The van der Waals surface area contributed by atoms with Gasteiger partial charge in [-0.05, 0) is 16.8 Å². The van der Waals surface area contributed by atoms with E-state index < -0.39 is 0 Å². The molecule has 1 N–H and O–H groups in total. The number of hydrogen-bond donors (Lipinski definition) is 1. The molecule has 1 amide bonds. The lowest BCUT2D eigenvalue weighted by atomic mass is 10.0. The molecular weight excluding hydrogens is 230 g/mol. The Morgan fingerprint density at radius 3 is 2.78 bits per heavy atom. The summed E-state index contributed by atoms with van der Waals surface area (Å²) in [5.74, 6) is -0.165. The minimum Gasteiger partial charge on any atom is -0.466 e. The van der Waals surface area contributed by atoms with Gasteiger partial charge in [0.15, 0.2) is 0 Å². The van der Waals surface area contributed by atoms with E-state index in [9.17, 15) is 9.59 Å². The highest BCUT2D eigenvalue weighted by Crippen LogP contribution is 2.18.